The number of carbonyl (C=O) groups excluding carboxylic acids is 1. The number of carbonyl (C=O) groups is 1. The molecule has 0 aliphatic heterocycles. The van der Waals surface area contributed by atoms with Crippen molar-refractivity contribution in [1.82, 2.24) is 20.0 Å². The maximum absolute atomic E-state index is 12.6. The van der Waals surface area contributed by atoms with Crippen LogP contribution in [0.5, 0.6) is 0 Å². The topological polar surface area (TPSA) is 99.0 Å². The SMILES string of the molecule is Cc1cc(-c2nnc(NC(=O)c3cc(-c4ccccc4)nn3C)o2)c(C)o1. The minimum atomic E-state index is -0.387. The van der Waals surface area contributed by atoms with Crippen LogP contribution in [0.4, 0.5) is 6.01 Å². The fourth-order valence-corrected chi connectivity index (χ4v) is 2.82. The summed E-state index contributed by atoms with van der Waals surface area (Å²) in [4.78, 5) is 12.6. The molecule has 136 valence electrons. The van der Waals surface area contributed by atoms with Crippen molar-refractivity contribution in [2.45, 2.75) is 13.8 Å². The number of benzene rings is 1. The van der Waals surface area contributed by atoms with Crippen LogP contribution in [0.3, 0.4) is 0 Å². The Morgan fingerprint density at radius 2 is 1.85 bits per heavy atom. The molecule has 0 saturated carbocycles. The van der Waals surface area contributed by atoms with E-state index >= 15 is 0 Å². The van der Waals surface area contributed by atoms with Crippen molar-refractivity contribution in [2.24, 2.45) is 7.05 Å². The van der Waals surface area contributed by atoms with Crippen molar-refractivity contribution in [3.63, 3.8) is 0 Å². The molecule has 0 aliphatic rings. The molecule has 8 nitrogen and oxygen atoms in total. The largest absolute Gasteiger partial charge is 0.466 e. The molecule has 8 heteroatoms. The molecule has 0 fully saturated rings. The van der Waals surface area contributed by atoms with Gasteiger partial charge in [0.25, 0.3) is 11.8 Å². The molecule has 1 aromatic carbocycles. The summed E-state index contributed by atoms with van der Waals surface area (Å²) in [5.41, 5.74) is 2.72. The Bertz CT molecular complexity index is 1110. The molecule has 3 aromatic heterocycles. The van der Waals surface area contributed by atoms with E-state index in [1.54, 1.807) is 13.1 Å². The number of hydrogen-bond donors (Lipinski definition) is 1. The second-order valence-electron chi connectivity index (χ2n) is 6.10. The van der Waals surface area contributed by atoms with Crippen LogP contribution < -0.4 is 5.32 Å². The van der Waals surface area contributed by atoms with Crippen LogP contribution in [0.2, 0.25) is 0 Å². The fourth-order valence-electron chi connectivity index (χ4n) is 2.82. The van der Waals surface area contributed by atoms with E-state index in [0.29, 0.717) is 22.7 Å². The predicted octanol–water partition coefficient (Wildman–Crippen LogP) is 3.60. The first kappa shape index (κ1) is 16.8. The Labute approximate surface area is 154 Å². The van der Waals surface area contributed by atoms with Gasteiger partial charge in [0, 0.05) is 12.6 Å². The monoisotopic (exact) mass is 363 g/mol. The van der Waals surface area contributed by atoms with Crippen molar-refractivity contribution in [2.75, 3.05) is 5.32 Å². The van der Waals surface area contributed by atoms with Crippen LogP contribution in [-0.2, 0) is 7.05 Å². The number of aromatic nitrogens is 4. The molecule has 1 amide bonds. The minimum Gasteiger partial charge on any atom is -0.466 e. The summed E-state index contributed by atoms with van der Waals surface area (Å²) < 4.78 is 12.5. The molecule has 0 aliphatic carbocycles. The van der Waals surface area contributed by atoms with Gasteiger partial charge in [0.2, 0.25) is 0 Å². The Kier molecular flexibility index (Phi) is 4.08. The summed E-state index contributed by atoms with van der Waals surface area (Å²) in [6, 6.07) is 13.2. The van der Waals surface area contributed by atoms with Gasteiger partial charge >= 0.3 is 6.01 Å². The van der Waals surface area contributed by atoms with Gasteiger partial charge in [0.15, 0.2) is 0 Å². The highest BCUT2D eigenvalue weighted by Gasteiger charge is 2.19. The van der Waals surface area contributed by atoms with Crippen LogP contribution in [0, 0.1) is 13.8 Å². The number of nitrogens with zero attached hydrogens (tertiary/aromatic N) is 4. The number of rotatable bonds is 4. The summed E-state index contributed by atoms with van der Waals surface area (Å²) in [5.74, 6) is 1.32. The van der Waals surface area contributed by atoms with Gasteiger partial charge in [-0.05, 0) is 26.0 Å². The molecule has 0 unspecified atom stereocenters. The number of hydrogen-bond acceptors (Lipinski definition) is 6. The molecule has 27 heavy (non-hydrogen) atoms. The van der Waals surface area contributed by atoms with Gasteiger partial charge < -0.3 is 8.83 Å². The zero-order valence-electron chi connectivity index (χ0n) is 15.1. The van der Waals surface area contributed by atoms with E-state index in [-0.39, 0.29) is 17.8 Å². The minimum absolute atomic E-state index is 0.00992. The molecule has 0 spiro atoms. The van der Waals surface area contributed by atoms with Gasteiger partial charge in [-0.2, -0.15) is 5.10 Å². The van der Waals surface area contributed by atoms with Gasteiger partial charge in [-0.15, -0.1) is 5.10 Å². The molecule has 4 rings (SSSR count). The lowest BCUT2D eigenvalue weighted by Gasteiger charge is -1.99. The highest BCUT2D eigenvalue weighted by Crippen LogP contribution is 2.26. The van der Waals surface area contributed by atoms with Gasteiger partial charge in [0.05, 0.1) is 11.3 Å². The van der Waals surface area contributed by atoms with E-state index in [4.69, 9.17) is 8.83 Å². The predicted molar refractivity (Wildman–Crippen MR) is 98.1 cm³/mol. The average Bonchev–Trinajstić information content (AvgIpc) is 3.34. The molecule has 0 radical (unpaired) electrons. The van der Waals surface area contributed by atoms with Crippen molar-refractivity contribution in [3.8, 4) is 22.7 Å². The standard InChI is InChI=1S/C19H17N5O3/c1-11-9-14(12(2)26-11)18-21-22-19(27-18)20-17(25)16-10-15(23-24(16)3)13-7-5-4-6-8-13/h4-10H,1-3H3,(H,20,22,25). The summed E-state index contributed by atoms with van der Waals surface area (Å²) in [6.07, 6.45) is 0. The maximum Gasteiger partial charge on any atom is 0.322 e. The summed E-state index contributed by atoms with van der Waals surface area (Å²) >= 11 is 0. The molecule has 4 aromatic rings. The Balaban J connectivity index is 1.55. The first-order chi connectivity index (χ1) is 13.0. The molecule has 0 bridgehead atoms. The summed E-state index contributed by atoms with van der Waals surface area (Å²) in [7, 11) is 1.71. The lowest BCUT2D eigenvalue weighted by molar-refractivity contribution is 0.101. The molecule has 0 atom stereocenters. The fraction of sp³-hybridized carbons (Fsp3) is 0.158. The highest BCUT2D eigenvalue weighted by molar-refractivity contribution is 6.02. The maximum atomic E-state index is 12.6. The third kappa shape index (κ3) is 3.24. The second kappa shape index (κ2) is 6.56. The van der Waals surface area contributed by atoms with Crippen LogP contribution >= 0.6 is 0 Å². The summed E-state index contributed by atoms with van der Waals surface area (Å²) in [5, 5.41) is 14.8. The van der Waals surface area contributed by atoms with E-state index < -0.39 is 0 Å². The van der Waals surface area contributed by atoms with E-state index in [9.17, 15) is 4.79 Å². The second-order valence-corrected chi connectivity index (χ2v) is 6.10. The molecular formula is C19H17N5O3. The van der Waals surface area contributed by atoms with Gasteiger partial charge in [-0.25, -0.2) is 0 Å². The summed E-state index contributed by atoms with van der Waals surface area (Å²) in [6.45, 7) is 3.65. The van der Waals surface area contributed by atoms with Gasteiger partial charge in [0.1, 0.15) is 17.2 Å². The number of anilines is 1. The molecule has 0 saturated heterocycles. The van der Waals surface area contributed by atoms with Crippen LogP contribution in [0.1, 0.15) is 22.0 Å². The Morgan fingerprint density at radius 1 is 1.07 bits per heavy atom. The quantitative estimate of drug-likeness (QED) is 0.595. The number of amides is 1. The molecular weight excluding hydrogens is 346 g/mol. The van der Waals surface area contributed by atoms with E-state index in [1.165, 1.54) is 4.68 Å². The molecule has 1 N–H and O–H groups in total. The van der Waals surface area contributed by atoms with Crippen molar-refractivity contribution >= 4 is 11.9 Å². The normalized spacial score (nSPS) is 10.9. The Morgan fingerprint density at radius 3 is 2.56 bits per heavy atom. The third-order valence-corrected chi connectivity index (χ3v) is 4.10. The van der Waals surface area contributed by atoms with Crippen LogP contribution in [0.15, 0.2) is 51.3 Å². The zero-order chi connectivity index (χ0) is 19.0. The van der Waals surface area contributed by atoms with Gasteiger partial charge in [-0.1, -0.05) is 35.4 Å². The van der Waals surface area contributed by atoms with Gasteiger partial charge in [-0.3, -0.25) is 14.8 Å². The third-order valence-electron chi connectivity index (χ3n) is 4.10. The van der Waals surface area contributed by atoms with Crippen LogP contribution in [0.25, 0.3) is 22.7 Å². The first-order valence-electron chi connectivity index (χ1n) is 8.33. The van der Waals surface area contributed by atoms with Crippen molar-refractivity contribution in [3.05, 3.63) is 59.7 Å². The molecule has 3 heterocycles. The number of furan rings is 1. The average molecular weight is 363 g/mol. The highest BCUT2D eigenvalue weighted by atomic mass is 16.4. The number of aryl methyl sites for hydroxylation is 3. The zero-order valence-corrected chi connectivity index (χ0v) is 15.1. The van der Waals surface area contributed by atoms with Crippen molar-refractivity contribution in [1.29, 1.82) is 0 Å². The van der Waals surface area contributed by atoms with Crippen LogP contribution in [-0.4, -0.2) is 25.9 Å². The smallest absolute Gasteiger partial charge is 0.322 e. The Hall–Kier alpha value is -3.68. The lowest BCUT2D eigenvalue weighted by Crippen LogP contribution is -2.16. The van der Waals surface area contributed by atoms with Crippen molar-refractivity contribution < 1.29 is 13.6 Å². The number of nitrogens with one attached hydrogen (secondary N) is 1. The van der Waals surface area contributed by atoms with E-state index in [0.717, 1.165) is 11.3 Å². The van der Waals surface area contributed by atoms with E-state index in [2.05, 4.69) is 20.6 Å². The lowest BCUT2D eigenvalue weighted by atomic mass is 10.1. The van der Waals surface area contributed by atoms with E-state index in [1.807, 2.05) is 50.2 Å². The first-order valence-corrected chi connectivity index (χ1v) is 8.33.